The Balaban J connectivity index is 1.82. The lowest BCUT2D eigenvalue weighted by molar-refractivity contribution is 0.220. The molecule has 4 heteroatoms. The molecule has 1 N–H and O–H groups in total. The summed E-state index contributed by atoms with van der Waals surface area (Å²) in [6, 6.07) is 0. The number of aromatic nitrogens is 2. The normalized spacial score (nSPS) is 18.6. The van der Waals surface area contributed by atoms with Crippen molar-refractivity contribution in [2.45, 2.75) is 25.8 Å². The van der Waals surface area contributed by atoms with Crippen molar-refractivity contribution in [2.75, 3.05) is 19.6 Å². The van der Waals surface area contributed by atoms with E-state index in [1.54, 1.807) is 10.8 Å². The first-order valence-corrected chi connectivity index (χ1v) is 5.32. The molecule has 0 atom stereocenters. The maximum absolute atomic E-state index is 11.2. The van der Waals surface area contributed by atoms with E-state index in [4.69, 9.17) is 0 Å². The summed E-state index contributed by atoms with van der Waals surface area (Å²) in [5.41, 5.74) is 0.00186. The van der Waals surface area contributed by atoms with Gasteiger partial charge in [0.1, 0.15) is 0 Å². The van der Waals surface area contributed by atoms with Crippen LogP contribution in [0.2, 0.25) is 0 Å². The number of nitrogens with zero attached hydrogens (tertiary/aromatic N) is 2. The molecule has 0 saturated carbocycles. The second-order valence-corrected chi connectivity index (χ2v) is 3.86. The summed E-state index contributed by atoms with van der Waals surface area (Å²) in [7, 11) is 0. The van der Waals surface area contributed by atoms with Crippen LogP contribution in [0.4, 0.5) is 0 Å². The van der Waals surface area contributed by atoms with Gasteiger partial charge < -0.3 is 9.88 Å². The van der Waals surface area contributed by atoms with Crippen molar-refractivity contribution in [2.24, 2.45) is 0 Å². The maximum Gasteiger partial charge on any atom is 0.325 e. The Morgan fingerprint density at radius 3 is 2.64 bits per heavy atom. The molecule has 0 amide bonds. The van der Waals surface area contributed by atoms with Crippen molar-refractivity contribution in [3.05, 3.63) is 22.9 Å². The van der Waals surface area contributed by atoms with Crippen LogP contribution < -0.4 is 5.69 Å². The third-order valence-electron chi connectivity index (χ3n) is 2.83. The third kappa shape index (κ3) is 2.26. The van der Waals surface area contributed by atoms with Crippen molar-refractivity contribution < 1.29 is 0 Å². The summed E-state index contributed by atoms with van der Waals surface area (Å²) in [6.45, 7) is 4.19. The number of H-pyrrole nitrogens is 1. The van der Waals surface area contributed by atoms with E-state index in [9.17, 15) is 4.79 Å². The molecule has 1 aromatic rings. The van der Waals surface area contributed by atoms with E-state index < -0.39 is 0 Å². The number of piperidine rings is 1. The second kappa shape index (κ2) is 4.46. The topological polar surface area (TPSA) is 41.0 Å². The van der Waals surface area contributed by atoms with Crippen molar-refractivity contribution in [1.82, 2.24) is 14.5 Å². The SMILES string of the molecule is O=c1[nH]ccn1CCN1CCCCC1. The molecule has 1 fully saturated rings. The Labute approximate surface area is 83.5 Å². The van der Waals surface area contributed by atoms with Crippen LogP contribution in [0.3, 0.4) is 0 Å². The van der Waals surface area contributed by atoms with Gasteiger partial charge in [-0.15, -0.1) is 0 Å². The summed E-state index contributed by atoms with van der Waals surface area (Å²) in [4.78, 5) is 16.3. The van der Waals surface area contributed by atoms with Gasteiger partial charge in [-0.2, -0.15) is 0 Å². The molecule has 2 rings (SSSR count). The molecule has 78 valence electrons. The minimum Gasteiger partial charge on any atom is -0.313 e. The molecular weight excluding hydrogens is 178 g/mol. The molecule has 14 heavy (non-hydrogen) atoms. The Kier molecular flexibility index (Phi) is 3.03. The highest BCUT2D eigenvalue weighted by Crippen LogP contribution is 2.07. The van der Waals surface area contributed by atoms with Crippen LogP contribution in [0.5, 0.6) is 0 Å². The van der Waals surface area contributed by atoms with Crippen molar-refractivity contribution >= 4 is 0 Å². The Morgan fingerprint density at radius 2 is 2.00 bits per heavy atom. The Morgan fingerprint density at radius 1 is 1.21 bits per heavy atom. The molecule has 1 aliphatic rings. The number of nitrogens with one attached hydrogen (secondary N) is 1. The highest BCUT2D eigenvalue weighted by molar-refractivity contribution is 4.76. The van der Waals surface area contributed by atoms with E-state index in [1.165, 1.54) is 32.4 Å². The molecule has 1 aliphatic heterocycles. The number of rotatable bonds is 3. The number of likely N-dealkylation sites (tertiary alicyclic amines) is 1. The molecule has 0 spiro atoms. The van der Waals surface area contributed by atoms with Crippen LogP contribution in [0.1, 0.15) is 19.3 Å². The van der Waals surface area contributed by atoms with E-state index in [1.807, 2.05) is 6.20 Å². The first kappa shape index (κ1) is 9.52. The van der Waals surface area contributed by atoms with Gasteiger partial charge in [0, 0.05) is 25.5 Å². The largest absolute Gasteiger partial charge is 0.325 e. The van der Waals surface area contributed by atoms with Crippen molar-refractivity contribution in [3.63, 3.8) is 0 Å². The minimum atomic E-state index is 0.00186. The first-order valence-electron chi connectivity index (χ1n) is 5.32. The Bertz CT molecular complexity index is 322. The fourth-order valence-electron chi connectivity index (χ4n) is 1.96. The molecule has 0 radical (unpaired) electrons. The third-order valence-corrected chi connectivity index (χ3v) is 2.83. The van der Waals surface area contributed by atoms with E-state index in [0.717, 1.165) is 13.1 Å². The van der Waals surface area contributed by atoms with E-state index in [2.05, 4.69) is 9.88 Å². The van der Waals surface area contributed by atoms with Gasteiger partial charge in [-0.05, 0) is 25.9 Å². The number of hydrogen-bond donors (Lipinski definition) is 1. The van der Waals surface area contributed by atoms with Crippen LogP contribution in [0, 0.1) is 0 Å². The van der Waals surface area contributed by atoms with Gasteiger partial charge in [-0.25, -0.2) is 4.79 Å². The minimum absolute atomic E-state index is 0.00186. The maximum atomic E-state index is 11.2. The number of imidazole rings is 1. The summed E-state index contributed by atoms with van der Waals surface area (Å²) in [5.74, 6) is 0. The van der Waals surface area contributed by atoms with Gasteiger partial charge in [0.05, 0.1) is 0 Å². The van der Waals surface area contributed by atoms with E-state index in [0.29, 0.717) is 0 Å². The van der Waals surface area contributed by atoms with E-state index >= 15 is 0 Å². The first-order chi connectivity index (χ1) is 6.86. The molecule has 4 nitrogen and oxygen atoms in total. The molecule has 1 saturated heterocycles. The van der Waals surface area contributed by atoms with E-state index in [-0.39, 0.29) is 5.69 Å². The van der Waals surface area contributed by atoms with Crippen LogP contribution in [0.25, 0.3) is 0 Å². The van der Waals surface area contributed by atoms with Gasteiger partial charge in [-0.1, -0.05) is 6.42 Å². The fraction of sp³-hybridized carbons (Fsp3) is 0.700. The zero-order valence-electron chi connectivity index (χ0n) is 8.41. The standard InChI is InChI=1S/C10H17N3O/c14-10-11-4-7-13(10)9-8-12-5-2-1-3-6-12/h4,7H,1-3,5-6,8-9H2,(H,11,14). The van der Waals surface area contributed by atoms with Crippen molar-refractivity contribution in [3.8, 4) is 0 Å². The quantitative estimate of drug-likeness (QED) is 0.770. The van der Waals surface area contributed by atoms with Gasteiger partial charge in [0.15, 0.2) is 0 Å². The monoisotopic (exact) mass is 195 g/mol. The summed E-state index contributed by atoms with van der Waals surface area (Å²) in [5, 5.41) is 0. The number of hydrogen-bond acceptors (Lipinski definition) is 2. The average molecular weight is 195 g/mol. The van der Waals surface area contributed by atoms with Gasteiger partial charge in [0.2, 0.25) is 0 Å². The van der Waals surface area contributed by atoms with Gasteiger partial charge >= 0.3 is 5.69 Å². The highest BCUT2D eigenvalue weighted by Gasteiger charge is 2.09. The van der Waals surface area contributed by atoms with Gasteiger partial charge in [0.25, 0.3) is 0 Å². The summed E-state index contributed by atoms with van der Waals surface area (Å²) >= 11 is 0. The zero-order valence-corrected chi connectivity index (χ0v) is 8.41. The van der Waals surface area contributed by atoms with Gasteiger partial charge in [-0.3, -0.25) is 4.57 Å². The lowest BCUT2D eigenvalue weighted by Gasteiger charge is -2.26. The Hall–Kier alpha value is -1.03. The summed E-state index contributed by atoms with van der Waals surface area (Å²) < 4.78 is 1.73. The smallest absolute Gasteiger partial charge is 0.313 e. The lowest BCUT2D eigenvalue weighted by Crippen LogP contribution is -2.34. The average Bonchev–Trinajstić information content (AvgIpc) is 2.63. The fourth-order valence-corrected chi connectivity index (χ4v) is 1.96. The molecule has 0 bridgehead atoms. The van der Waals surface area contributed by atoms with Crippen molar-refractivity contribution in [1.29, 1.82) is 0 Å². The second-order valence-electron chi connectivity index (χ2n) is 3.86. The van der Waals surface area contributed by atoms with Crippen LogP contribution in [-0.2, 0) is 6.54 Å². The summed E-state index contributed by atoms with van der Waals surface area (Å²) in [6.07, 6.45) is 7.48. The van der Waals surface area contributed by atoms with Crippen LogP contribution >= 0.6 is 0 Å². The number of aromatic amines is 1. The lowest BCUT2D eigenvalue weighted by atomic mass is 10.1. The molecule has 0 unspecified atom stereocenters. The predicted octanol–water partition coefficient (Wildman–Crippen LogP) is 0.662. The molecule has 0 aromatic carbocycles. The molecule has 0 aliphatic carbocycles. The van der Waals surface area contributed by atoms with Crippen LogP contribution in [-0.4, -0.2) is 34.1 Å². The molecule has 1 aromatic heterocycles. The predicted molar refractivity (Wildman–Crippen MR) is 55.3 cm³/mol. The highest BCUT2D eigenvalue weighted by atomic mass is 16.1. The molecular formula is C10H17N3O. The zero-order chi connectivity index (χ0) is 9.80. The molecule has 2 heterocycles. The van der Waals surface area contributed by atoms with Crippen LogP contribution in [0.15, 0.2) is 17.2 Å².